The van der Waals surface area contributed by atoms with E-state index in [9.17, 15) is 14.4 Å². The maximum absolute atomic E-state index is 12.9. The Morgan fingerprint density at radius 3 is 2.60 bits per heavy atom. The summed E-state index contributed by atoms with van der Waals surface area (Å²) >= 11 is 0. The second-order valence-corrected chi connectivity index (χ2v) is 10.0. The molecule has 4 N–H and O–H groups in total. The van der Waals surface area contributed by atoms with Crippen LogP contribution >= 0.6 is 0 Å². The normalized spacial score (nSPS) is 25.2. The van der Waals surface area contributed by atoms with Crippen LogP contribution in [0.3, 0.4) is 0 Å². The molecule has 2 aliphatic heterocycles. The number of fused-ring (bicyclic) bond motifs is 1. The van der Waals surface area contributed by atoms with E-state index in [2.05, 4.69) is 24.5 Å². The number of nitrogens with zero attached hydrogens (tertiary/aromatic N) is 1. The molecule has 7 nitrogen and oxygen atoms in total. The second-order valence-electron chi connectivity index (χ2n) is 10.0. The predicted molar refractivity (Wildman–Crippen MR) is 113 cm³/mol. The molecule has 0 aromatic heterocycles. The Bertz CT molecular complexity index is 869. The van der Waals surface area contributed by atoms with Crippen molar-refractivity contribution in [2.45, 2.75) is 77.0 Å². The zero-order chi connectivity index (χ0) is 21.5. The number of carbonyl (C=O) groups excluding carboxylic acids is 3. The zero-order valence-corrected chi connectivity index (χ0v) is 17.9. The van der Waals surface area contributed by atoms with Crippen molar-refractivity contribution in [1.82, 2.24) is 15.5 Å². The van der Waals surface area contributed by atoms with E-state index in [4.69, 9.17) is 5.73 Å². The van der Waals surface area contributed by atoms with Crippen LogP contribution in [-0.2, 0) is 22.7 Å². The van der Waals surface area contributed by atoms with Crippen molar-refractivity contribution in [2.24, 2.45) is 11.1 Å². The summed E-state index contributed by atoms with van der Waals surface area (Å²) in [5.41, 5.74) is 9.44. The molecule has 1 atom stereocenters. The van der Waals surface area contributed by atoms with Crippen molar-refractivity contribution in [3.05, 3.63) is 34.9 Å². The first-order chi connectivity index (χ1) is 14.2. The highest BCUT2D eigenvalue weighted by atomic mass is 16.2. The average molecular weight is 413 g/mol. The summed E-state index contributed by atoms with van der Waals surface area (Å²) in [6.45, 7) is 6.44. The van der Waals surface area contributed by atoms with Gasteiger partial charge in [0.25, 0.3) is 5.91 Å². The molecule has 2 fully saturated rings. The highest BCUT2D eigenvalue weighted by Gasteiger charge is 2.39. The fourth-order valence-electron chi connectivity index (χ4n) is 4.77. The average Bonchev–Trinajstić information content (AvgIpc) is 3.01. The van der Waals surface area contributed by atoms with Crippen LogP contribution in [0.4, 0.5) is 0 Å². The molecule has 1 saturated carbocycles. The minimum absolute atomic E-state index is 0.133. The van der Waals surface area contributed by atoms with Crippen LogP contribution in [-0.4, -0.2) is 40.7 Å². The topological polar surface area (TPSA) is 105 Å². The molecule has 1 aromatic rings. The molecule has 7 heteroatoms. The van der Waals surface area contributed by atoms with Crippen molar-refractivity contribution in [2.75, 3.05) is 6.54 Å². The van der Waals surface area contributed by atoms with Crippen LogP contribution in [0, 0.1) is 5.41 Å². The third-order valence-corrected chi connectivity index (χ3v) is 7.00. The van der Waals surface area contributed by atoms with E-state index in [1.807, 2.05) is 18.2 Å². The van der Waals surface area contributed by atoms with Crippen molar-refractivity contribution in [1.29, 1.82) is 0 Å². The van der Waals surface area contributed by atoms with Crippen LogP contribution in [0.25, 0.3) is 0 Å². The molecule has 0 radical (unpaired) electrons. The van der Waals surface area contributed by atoms with Gasteiger partial charge in [0, 0.05) is 37.2 Å². The first-order valence-electron chi connectivity index (χ1n) is 10.9. The monoisotopic (exact) mass is 412 g/mol. The SMILES string of the molecule is CC1(C)CCC(N)(CNCc2ccc3c(c2)C(=O)N(C2CCC(=O)NC2=O)C3)CC1. The first-order valence-corrected chi connectivity index (χ1v) is 10.9. The minimum atomic E-state index is -0.572. The summed E-state index contributed by atoms with van der Waals surface area (Å²) in [7, 11) is 0. The number of hydrogen-bond donors (Lipinski definition) is 3. The van der Waals surface area contributed by atoms with Gasteiger partial charge in [0.2, 0.25) is 11.8 Å². The van der Waals surface area contributed by atoms with E-state index < -0.39 is 6.04 Å². The van der Waals surface area contributed by atoms with Gasteiger partial charge in [0.05, 0.1) is 0 Å². The standard InChI is InChI=1S/C23H32N4O3/c1-22(2)7-9-23(24,10-8-22)14-25-12-15-3-4-16-13-27(21(30)17(16)11-15)18-5-6-19(28)26-20(18)29/h3-4,11,18,25H,5-10,12-14,24H2,1-2H3,(H,26,28,29). The van der Waals surface area contributed by atoms with Crippen LogP contribution < -0.4 is 16.4 Å². The lowest BCUT2D eigenvalue weighted by molar-refractivity contribution is -0.136. The fraction of sp³-hybridized carbons (Fsp3) is 0.609. The molecule has 30 heavy (non-hydrogen) atoms. The molecule has 3 amide bonds. The van der Waals surface area contributed by atoms with Gasteiger partial charge in [-0.1, -0.05) is 26.0 Å². The van der Waals surface area contributed by atoms with Gasteiger partial charge in [0.15, 0.2) is 0 Å². The quantitative estimate of drug-likeness (QED) is 0.640. The van der Waals surface area contributed by atoms with Gasteiger partial charge >= 0.3 is 0 Å². The van der Waals surface area contributed by atoms with Gasteiger partial charge in [-0.3, -0.25) is 19.7 Å². The van der Waals surface area contributed by atoms with E-state index in [0.717, 1.165) is 43.4 Å². The zero-order valence-electron chi connectivity index (χ0n) is 17.9. The molecule has 1 saturated heterocycles. The van der Waals surface area contributed by atoms with Gasteiger partial charge in [-0.15, -0.1) is 0 Å². The smallest absolute Gasteiger partial charge is 0.255 e. The summed E-state index contributed by atoms with van der Waals surface area (Å²) in [6, 6.07) is 5.35. The highest BCUT2D eigenvalue weighted by Crippen LogP contribution is 2.38. The van der Waals surface area contributed by atoms with Crippen molar-refractivity contribution >= 4 is 17.7 Å². The van der Waals surface area contributed by atoms with Crippen LogP contribution in [0.1, 0.15) is 73.9 Å². The summed E-state index contributed by atoms with van der Waals surface area (Å²) < 4.78 is 0. The number of nitrogens with two attached hydrogens (primary N) is 1. The van der Waals surface area contributed by atoms with Crippen molar-refractivity contribution in [3.63, 3.8) is 0 Å². The van der Waals surface area contributed by atoms with E-state index in [0.29, 0.717) is 30.5 Å². The Morgan fingerprint density at radius 2 is 1.90 bits per heavy atom. The second kappa shape index (κ2) is 7.78. The number of amides is 3. The predicted octanol–water partition coefficient (Wildman–Crippen LogP) is 1.83. The molecule has 1 aromatic carbocycles. The van der Waals surface area contributed by atoms with Gasteiger partial charge < -0.3 is 16.0 Å². The number of carbonyl (C=O) groups is 3. The Balaban J connectivity index is 1.36. The van der Waals surface area contributed by atoms with Crippen LogP contribution in [0.15, 0.2) is 18.2 Å². The van der Waals surface area contributed by atoms with Crippen LogP contribution in [0.2, 0.25) is 0 Å². The van der Waals surface area contributed by atoms with E-state index in [1.165, 1.54) is 0 Å². The van der Waals surface area contributed by atoms with Gasteiger partial charge in [-0.25, -0.2) is 0 Å². The largest absolute Gasteiger partial charge is 0.324 e. The Hall–Kier alpha value is -2.25. The number of rotatable bonds is 5. The van der Waals surface area contributed by atoms with Crippen molar-refractivity contribution in [3.8, 4) is 0 Å². The Kier molecular flexibility index (Phi) is 5.45. The summed E-state index contributed by atoms with van der Waals surface area (Å²) in [5, 5.41) is 5.82. The lowest BCUT2D eigenvalue weighted by Crippen LogP contribution is -2.52. The molecule has 162 valence electrons. The van der Waals surface area contributed by atoms with Crippen molar-refractivity contribution < 1.29 is 14.4 Å². The Labute approximate surface area is 177 Å². The summed E-state index contributed by atoms with van der Waals surface area (Å²) in [5.74, 6) is -0.780. The molecule has 0 spiro atoms. The van der Waals surface area contributed by atoms with E-state index in [-0.39, 0.29) is 29.7 Å². The number of hydrogen-bond acceptors (Lipinski definition) is 5. The molecule has 3 aliphatic rings. The van der Waals surface area contributed by atoms with Gasteiger partial charge in [-0.2, -0.15) is 0 Å². The number of piperidine rings is 1. The van der Waals surface area contributed by atoms with Gasteiger partial charge in [-0.05, 0) is 54.7 Å². The Morgan fingerprint density at radius 1 is 1.17 bits per heavy atom. The summed E-state index contributed by atoms with van der Waals surface area (Å²) in [4.78, 5) is 38.1. The molecule has 2 heterocycles. The van der Waals surface area contributed by atoms with E-state index in [1.54, 1.807) is 4.90 Å². The van der Waals surface area contributed by atoms with Crippen LogP contribution in [0.5, 0.6) is 0 Å². The number of nitrogens with one attached hydrogen (secondary N) is 2. The van der Waals surface area contributed by atoms with Gasteiger partial charge in [0.1, 0.15) is 6.04 Å². The lowest BCUT2D eigenvalue weighted by atomic mass is 9.70. The molecule has 1 aliphatic carbocycles. The molecule has 4 rings (SSSR count). The molecule has 0 bridgehead atoms. The molecular weight excluding hydrogens is 380 g/mol. The molecular formula is C23H32N4O3. The number of imide groups is 1. The fourth-order valence-corrected chi connectivity index (χ4v) is 4.77. The minimum Gasteiger partial charge on any atom is -0.324 e. The maximum atomic E-state index is 12.9. The third kappa shape index (κ3) is 4.27. The molecule has 1 unspecified atom stereocenters. The lowest BCUT2D eigenvalue weighted by Gasteiger charge is -2.41. The first kappa shape index (κ1) is 21.0. The third-order valence-electron chi connectivity index (χ3n) is 7.00. The van der Waals surface area contributed by atoms with E-state index >= 15 is 0 Å². The highest BCUT2D eigenvalue weighted by molar-refractivity contribution is 6.05. The number of benzene rings is 1. The maximum Gasteiger partial charge on any atom is 0.255 e. The summed E-state index contributed by atoms with van der Waals surface area (Å²) in [6.07, 6.45) is 4.99.